The monoisotopic (exact) mass is 292 g/mol. The van der Waals surface area contributed by atoms with E-state index in [0.29, 0.717) is 25.2 Å². The molecule has 21 heavy (non-hydrogen) atoms. The molecule has 1 fully saturated rings. The van der Waals surface area contributed by atoms with Crippen LogP contribution < -0.4 is 4.74 Å². The van der Waals surface area contributed by atoms with E-state index >= 15 is 0 Å². The first-order valence-corrected chi connectivity index (χ1v) is 7.35. The second-order valence-corrected chi connectivity index (χ2v) is 6.20. The zero-order valence-corrected chi connectivity index (χ0v) is 13.4. The zero-order chi connectivity index (χ0) is 15.8. The van der Waals surface area contributed by atoms with Crippen LogP contribution in [-0.4, -0.2) is 24.8 Å². The van der Waals surface area contributed by atoms with Gasteiger partial charge in [-0.15, -0.1) is 0 Å². The first-order chi connectivity index (χ1) is 9.78. The first kappa shape index (κ1) is 15.8. The summed E-state index contributed by atoms with van der Waals surface area (Å²) in [7, 11) is 1.67. The highest BCUT2D eigenvalue weighted by atomic mass is 16.5. The van der Waals surface area contributed by atoms with Crippen molar-refractivity contribution in [2.24, 2.45) is 0 Å². The van der Waals surface area contributed by atoms with Gasteiger partial charge in [0.05, 0.1) is 17.6 Å². The number of rotatable bonds is 6. The van der Waals surface area contributed by atoms with Crippen molar-refractivity contribution in [1.82, 2.24) is 0 Å². The predicted octanol–water partition coefficient (Wildman–Crippen LogP) is 3.39. The predicted molar refractivity (Wildman–Crippen MR) is 80.9 cm³/mol. The molecule has 4 heteroatoms. The summed E-state index contributed by atoms with van der Waals surface area (Å²) >= 11 is 0. The molecule has 0 aromatic heterocycles. The van der Waals surface area contributed by atoms with Crippen LogP contribution in [0.2, 0.25) is 0 Å². The van der Waals surface area contributed by atoms with Crippen LogP contribution in [0.5, 0.6) is 5.75 Å². The highest BCUT2D eigenvalue weighted by molar-refractivity contribution is 5.86. The van der Waals surface area contributed by atoms with Crippen LogP contribution >= 0.6 is 0 Å². The molecule has 0 radical (unpaired) electrons. The third-order valence-electron chi connectivity index (χ3n) is 4.46. The van der Waals surface area contributed by atoms with Gasteiger partial charge >= 0.3 is 5.97 Å². The van der Waals surface area contributed by atoms with Crippen LogP contribution in [0.15, 0.2) is 12.1 Å². The Labute approximate surface area is 126 Å². The highest BCUT2D eigenvalue weighted by Crippen LogP contribution is 2.52. The fourth-order valence-corrected chi connectivity index (χ4v) is 2.81. The van der Waals surface area contributed by atoms with Crippen molar-refractivity contribution < 1.29 is 19.4 Å². The minimum Gasteiger partial charge on any atom is -0.494 e. The molecule has 1 N–H and O–H groups in total. The van der Waals surface area contributed by atoms with Gasteiger partial charge in [0.25, 0.3) is 0 Å². The van der Waals surface area contributed by atoms with Gasteiger partial charge in [0.1, 0.15) is 5.75 Å². The maximum absolute atomic E-state index is 11.7. The third-order valence-corrected chi connectivity index (χ3v) is 4.46. The summed E-state index contributed by atoms with van der Waals surface area (Å²) in [6, 6.07) is 3.91. The number of ether oxygens (including phenoxy) is 2. The number of methoxy groups -OCH3 is 1. The number of carboxylic acid groups (broad SMARTS) is 1. The van der Waals surface area contributed by atoms with E-state index < -0.39 is 17.0 Å². The lowest BCUT2D eigenvalue weighted by molar-refractivity contribution is -0.140. The molecule has 0 spiro atoms. The minimum atomic E-state index is -0.781. The minimum absolute atomic E-state index is 0.460. The van der Waals surface area contributed by atoms with Crippen LogP contribution in [-0.2, 0) is 20.5 Å². The van der Waals surface area contributed by atoms with E-state index in [4.69, 9.17) is 9.47 Å². The third kappa shape index (κ3) is 2.64. The topological polar surface area (TPSA) is 55.8 Å². The Morgan fingerprint density at radius 3 is 2.43 bits per heavy atom. The van der Waals surface area contributed by atoms with Crippen molar-refractivity contribution in [2.75, 3.05) is 13.7 Å². The van der Waals surface area contributed by atoms with Gasteiger partial charge < -0.3 is 14.6 Å². The summed E-state index contributed by atoms with van der Waals surface area (Å²) in [4.78, 5) is 11.7. The average Bonchev–Trinajstić information content (AvgIpc) is 3.20. The van der Waals surface area contributed by atoms with Crippen molar-refractivity contribution in [3.63, 3.8) is 0 Å². The standard InChI is InChI=1S/C17H24O4/c1-6-21-14-9-11(2)12(16(3,4)20-5)10-13(14)17(7-8-17)15(18)19/h9-10H,6-8H2,1-5H3,(H,18,19). The lowest BCUT2D eigenvalue weighted by atomic mass is 9.86. The molecule has 1 aliphatic rings. The molecule has 116 valence electrons. The summed E-state index contributed by atoms with van der Waals surface area (Å²) < 4.78 is 11.3. The van der Waals surface area contributed by atoms with Crippen molar-refractivity contribution in [2.45, 2.75) is 51.6 Å². The lowest BCUT2D eigenvalue weighted by Crippen LogP contribution is -2.25. The fraction of sp³-hybridized carbons (Fsp3) is 0.588. The maximum atomic E-state index is 11.7. The Morgan fingerprint density at radius 1 is 1.38 bits per heavy atom. The normalized spacial score (nSPS) is 16.6. The van der Waals surface area contributed by atoms with Crippen LogP contribution in [0.25, 0.3) is 0 Å². The fourth-order valence-electron chi connectivity index (χ4n) is 2.81. The number of aryl methyl sites for hydroxylation is 1. The van der Waals surface area contributed by atoms with Crippen LogP contribution in [0.1, 0.15) is 50.3 Å². The smallest absolute Gasteiger partial charge is 0.314 e. The van der Waals surface area contributed by atoms with E-state index in [2.05, 4.69) is 0 Å². The summed E-state index contributed by atoms with van der Waals surface area (Å²) in [6.07, 6.45) is 1.33. The molecule has 1 aromatic rings. The van der Waals surface area contributed by atoms with Crippen molar-refractivity contribution in [3.8, 4) is 5.75 Å². The second kappa shape index (κ2) is 5.34. The summed E-state index contributed by atoms with van der Waals surface area (Å²) in [5.74, 6) is -0.0842. The largest absolute Gasteiger partial charge is 0.494 e. The van der Waals surface area contributed by atoms with Crippen LogP contribution in [0.4, 0.5) is 0 Å². The van der Waals surface area contributed by atoms with Gasteiger partial charge in [-0.25, -0.2) is 0 Å². The van der Waals surface area contributed by atoms with E-state index in [-0.39, 0.29) is 0 Å². The van der Waals surface area contributed by atoms with E-state index in [1.165, 1.54) is 0 Å². The molecular weight excluding hydrogens is 268 g/mol. The second-order valence-electron chi connectivity index (χ2n) is 6.20. The Hall–Kier alpha value is -1.55. The summed E-state index contributed by atoms with van der Waals surface area (Å²) in [5.41, 5.74) is 1.60. The Kier molecular flexibility index (Phi) is 4.02. The Morgan fingerprint density at radius 2 is 2.00 bits per heavy atom. The quantitative estimate of drug-likeness (QED) is 0.873. The van der Waals surface area contributed by atoms with E-state index in [0.717, 1.165) is 16.7 Å². The molecule has 0 atom stereocenters. The van der Waals surface area contributed by atoms with Gasteiger partial charge in [0.15, 0.2) is 0 Å². The average molecular weight is 292 g/mol. The van der Waals surface area contributed by atoms with Crippen LogP contribution in [0, 0.1) is 6.92 Å². The number of carboxylic acids is 1. The number of benzene rings is 1. The summed E-state index contributed by atoms with van der Waals surface area (Å²) in [6.45, 7) is 8.41. The summed E-state index contributed by atoms with van der Waals surface area (Å²) in [5, 5.41) is 9.58. The number of hydrogen-bond acceptors (Lipinski definition) is 3. The van der Waals surface area contributed by atoms with Gasteiger partial charge in [0.2, 0.25) is 0 Å². The van der Waals surface area contributed by atoms with Crippen molar-refractivity contribution in [3.05, 3.63) is 28.8 Å². The number of aliphatic carboxylic acids is 1. The van der Waals surface area contributed by atoms with Crippen molar-refractivity contribution in [1.29, 1.82) is 0 Å². The van der Waals surface area contributed by atoms with E-state index in [1.807, 2.05) is 39.8 Å². The molecule has 0 bridgehead atoms. The maximum Gasteiger partial charge on any atom is 0.314 e. The Bertz CT molecular complexity index is 556. The van der Waals surface area contributed by atoms with Gasteiger partial charge in [-0.1, -0.05) is 0 Å². The van der Waals surface area contributed by atoms with Crippen LogP contribution in [0.3, 0.4) is 0 Å². The zero-order valence-electron chi connectivity index (χ0n) is 13.4. The highest BCUT2D eigenvalue weighted by Gasteiger charge is 2.53. The van der Waals surface area contributed by atoms with Gasteiger partial charge in [-0.3, -0.25) is 4.79 Å². The molecule has 0 aliphatic heterocycles. The SMILES string of the molecule is CCOc1cc(C)c(C(C)(C)OC)cc1C1(C(=O)O)CC1. The number of carbonyl (C=O) groups is 1. The molecule has 0 heterocycles. The molecule has 0 amide bonds. The van der Waals surface area contributed by atoms with Crippen molar-refractivity contribution >= 4 is 5.97 Å². The molecule has 1 aliphatic carbocycles. The molecule has 4 nitrogen and oxygen atoms in total. The van der Waals surface area contributed by atoms with Gasteiger partial charge in [0, 0.05) is 12.7 Å². The van der Waals surface area contributed by atoms with Gasteiger partial charge in [-0.05, 0) is 63.8 Å². The molecule has 1 aromatic carbocycles. The van der Waals surface area contributed by atoms with Gasteiger partial charge in [-0.2, -0.15) is 0 Å². The molecule has 1 saturated carbocycles. The van der Waals surface area contributed by atoms with E-state index in [9.17, 15) is 9.90 Å². The van der Waals surface area contributed by atoms with E-state index in [1.54, 1.807) is 7.11 Å². The number of hydrogen-bond donors (Lipinski definition) is 1. The molecule has 0 saturated heterocycles. The Balaban J connectivity index is 2.61. The molecule has 0 unspecified atom stereocenters. The first-order valence-electron chi connectivity index (χ1n) is 7.35. The molecular formula is C17H24O4. The molecule has 2 rings (SSSR count). The lowest BCUT2D eigenvalue weighted by Gasteiger charge is -2.28.